The van der Waals surface area contributed by atoms with E-state index in [1.807, 2.05) is 0 Å². The monoisotopic (exact) mass is 254 g/mol. The van der Waals surface area contributed by atoms with Crippen molar-refractivity contribution in [3.05, 3.63) is 0 Å². The number of rotatable bonds is 7. The minimum absolute atomic E-state index is 0.542. The first-order valence-electron chi connectivity index (χ1n) is 7.56. The highest BCUT2D eigenvalue weighted by Crippen LogP contribution is 2.49. The zero-order chi connectivity index (χ0) is 13.2. The molecule has 1 N–H and O–H groups in total. The molecule has 2 aliphatic rings. The van der Waals surface area contributed by atoms with Gasteiger partial charge in [0.2, 0.25) is 0 Å². The molecule has 0 atom stereocenters. The number of hydrogen-bond donors (Lipinski definition) is 1. The van der Waals surface area contributed by atoms with Crippen molar-refractivity contribution in [3.63, 3.8) is 0 Å². The van der Waals surface area contributed by atoms with Crippen molar-refractivity contribution < 1.29 is 4.74 Å². The standard InChI is InChI=1S/C15H30N2O/c1-12(2)9-17-10-15(11-17)7-14(8-15)18-6-5-16-13(3)4/h12-14,16H,5-11H2,1-4H3. The van der Waals surface area contributed by atoms with Crippen molar-refractivity contribution in [1.29, 1.82) is 0 Å². The molecule has 0 unspecified atom stereocenters. The van der Waals surface area contributed by atoms with Crippen molar-refractivity contribution in [3.8, 4) is 0 Å². The van der Waals surface area contributed by atoms with Gasteiger partial charge in [0.05, 0.1) is 12.7 Å². The number of likely N-dealkylation sites (tertiary alicyclic amines) is 1. The summed E-state index contributed by atoms with van der Waals surface area (Å²) in [7, 11) is 0. The van der Waals surface area contributed by atoms with Gasteiger partial charge < -0.3 is 15.0 Å². The van der Waals surface area contributed by atoms with Crippen molar-refractivity contribution >= 4 is 0 Å². The summed E-state index contributed by atoms with van der Waals surface area (Å²) in [6, 6.07) is 0.567. The molecule has 1 aliphatic heterocycles. The summed E-state index contributed by atoms with van der Waals surface area (Å²) in [5, 5.41) is 3.39. The summed E-state index contributed by atoms with van der Waals surface area (Å²) in [6.07, 6.45) is 3.13. The second kappa shape index (κ2) is 5.89. The number of ether oxygens (including phenoxy) is 1. The predicted molar refractivity (Wildman–Crippen MR) is 75.8 cm³/mol. The molecule has 18 heavy (non-hydrogen) atoms. The Bertz CT molecular complexity index is 251. The van der Waals surface area contributed by atoms with Crippen LogP contribution in [0.4, 0.5) is 0 Å². The van der Waals surface area contributed by atoms with E-state index in [9.17, 15) is 0 Å². The quantitative estimate of drug-likeness (QED) is 0.704. The van der Waals surface area contributed by atoms with Crippen molar-refractivity contribution in [1.82, 2.24) is 10.2 Å². The van der Waals surface area contributed by atoms with Crippen LogP contribution in [0.15, 0.2) is 0 Å². The van der Waals surface area contributed by atoms with Crippen molar-refractivity contribution in [2.24, 2.45) is 11.3 Å². The number of hydrogen-bond acceptors (Lipinski definition) is 3. The van der Waals surface area contributed by atoms with Crippen molar-refractivity contribution in [2.45, 2.75) is 52.7 Å². The number of nitrogens with one attached hydrogen (secondary N) is 1. The molecule has 0 aromatic heterocycles. The van der Waals surface area contributed by atoms with Gasteiger partial charge in [0, 0.05) is 37.6 Å². The molecular formula is C15H30N2O. The number of nitrogens with zero attached hydrogens (tertiary/aromatic N) is 1. The zero-order valence-electron chi connectivity index (χ0n) is 12.5. The van der Waals surface area contributed by atoms with E-state index in [2.05, 4.69) is 37.9 Å². The van der Waals surface area contributed by atoms with E-state index < -0.39 is 0 Å². The molecule has 0 radical (unpaired) electrons. The Morgan fingerprint density at radius 1 is 1.22 bits per heavy atom. The van der Waals surface area contributed by atoms with Crippen LogP contribution >= 0.6 is 0 Å². The Morgan fingerprint density at radius 3 is 2.44 bits per heavy atom. The normalized spacial score (nSPS) is 23.7. The van der Waals surface area contributed by atoms with Gasteiger partial charge in [-0.2, -0.15) is 0 Å². The Hall–Kier alpha value is -0.120. The van der Waals surface area contributed by atoms with Crippen LogP contribution in [-0.4, -0.2) is 49.8 Å². The Balaban J connectivity index is 1.50. The second-order valence-electron chi connectivity index (χ2n) is 7.07. The lowest BCUT2D eigenvalue weighted by Crippen LogP contribution is -2.64. The van der Waals surface area contributed by atoms with Gasteiger partial charge in [-0.05, 0) is 18.8 Å². The van der Waals surface area contributed by atoms with E-state index in [4.69, 9.17) is 4.74 Å². The van der Waals surface area contributed by atoms with Gasteiger partial charge in [0.1, 0.15) is 0 Å². The maximum Gasteiger partial charge on any atom is 0.0594 e. The molecule has 3 heteroatoms. The molecule has 2 fully saturated rings. The summed E-state index contributed by atoms with van der Waals surface area (Å²) in [6.45, 7) is 14.7. The topological polar surface area (TPSA) is 24.5 Å². The lowest BCUT2D eigenvalue weighted by molar-refractivity contribution is -0.152. The summed E-state index contributed by atoms with van der Waals surface area (Å²) in [5.74, 6) is 0.802. The molecule has 106 valence electrons. The van der Waals surface area contributed by atoms with Crippen molar-refractivity contribution in [2.75, 3.05) is 32.8 Å². The first-order chi connectivity index (χ1) is 8.49. The fourth-order valence-electron chi connectivity index (χ4n) is 3.40. The van der Waals surface area contributed by atoms with Gasteiger partial charge in [0.25, 0.3) is 0 Å². The van der Waals surface area contributed by atoms with Crippen LogP contribution in [0.2, 0.25) is 0 Å². The third kappa shape index (κ3) is 3.69. The highest BCUT2D eigenvalue weighted by atomic mass is 16.5. The Kier molecular flexibility index (Phi) is 4.68. The van der Waals surface area contributed by atoms with Crippen LogP contribution in [-0.2, 0) is 4.74 Å². The van der Waals surface area contributed by atoms with Crippen LogP contribution in [0.5, 0.6) is 0 Å². The highest BCUT2D eigenvalue weighted by molar-refractivity contribution is 5.05. The van der Waals surface area contributed by atoms with E-state index in [0.717, 1.165) is 19.1 Å². The average molecular weight is 254 g/mol. The molecule has 0 bridgehead atoms. The maximum atomic E-state index is 5.89. The van der Waals surface area contributed by atoms with E-state index in [0.29, 0.717) is 17.6 Å². The molecule has 1 saturated heterocycles. The zero-order valence-corrected chi connectivity index (χ0v) is 12.5. The fourth-order valence-corrected chi connectivity index (χ4v) is 3.40. The summed E-state index contributed by atoms with van der Waals surface area (Å²) >= 11 is 0. The minimum Gasteiger partial charge on any atom is -0.377 e. The molecular weight excluding hydrogens is 224 g/mol. The van der Waals surface area contributed by atoms with Gasteiger partial charge in [-0.25, -0.2) is 0 Å². The van der Waals surface area contributed by atoms with Crippen LogP contribution < -0.4 is 5.32 Å². The molecule has 3 nitrogen and oxygen atoms in total. The summed E-state index contributed by atoms with van der Waals surface area (Å²) in [5.41, 5.74) is 0.644. The molecule has 1 aliphatic carbocycles. The van der Waals surface area contributed by atoms with Gasteiger partial charge in [-0.15, -0.1) is 0 Å². The van der Waals surface area contributed by atoms with Crippen LogP contribution in [0.1, 0.15) is 40.5 Å². The van der Waals surface area contributed by atoms with Crippen LogP contribution in [0, 0.1) is 11.3 Å². The summed E-state index contributed by atoms with van der Waals surface area (Å²) < 4.78 is 5.89. The third-order valence-corrected chi connectivity index (χ3v) is 4.07. The molecule has 2 rings (SSSR count). The third-order valence-electron chi connectivity index (χ3n) is 4.07. The lowest BCUT2D eigenvalue weighted by Gasteiger charge is -2.59. The first kappa shape index (κ1) is 14.3. The van der Waals surface area contributed by atoms with Gasteiger partial charge >= 0.3 is 0 Å². The Labute approximate surface area is 112 Å². The predicted octanol–water partition coefficient (Wildman–Crippen LogP) is 2.12. The van der Waals surface area contributed by atoms with Gasteiger partial charge in [-0.3, -0.25) is 0 Å². The minimum atomic E-state index is 0.542. The maximum absolute atomic E-state index is 5.89. The molecule has 0 amide bonds. The fraction of sp³-hybridized carbons (Fsp3) is 1.00. The molecule has 1 heterocycles. The van der Waals surface area contributed by atoms with Gasteiger partial charge in [0.15, 0.2) is 0 Å². The second-order valence-corrected chi connectivity index (χ2v) is 7.07. The summed E-state index contributed by atoms with van der Waals surface area (Å²) in [4.78, 5) is 2.60. The van der Waals surface area contributed by atoms with E-state index >= 15 is 0 Å². The lowest BCUT2D eigenvalue weighted by atomic mass is 9.61. The largest absolute Gasteiger partial charge is 0.377 e. The van der Waals surface area contributed by atoms with E-state index in [-0.39, 0.29) is 0 Å². The molecule has 1 saturated carbocycles. The molecule has 0 aromatic rings. The van der Waals surface area contributed by atoms with E-state index in [1.54, 1.807) is 0 Å². The van der Waals surface area contributed by atoms with Crippen LogP contribution in [0.25, 0.3) is 0 Å². The Morgan fingerprint density at radius 2 is 1.89 bits per heavy atom. The van der Waals surface area contributed by atoms with Gasteiger partial charge in [-0.1, -0.05) is 27.7 Å². The smallest absolute Gasteiger partial charge is 0.0594 e. The van der Waals surface area contributed by atoms with Crippen LogP contribution in [0.3, 0.4) is 0 Å². The van der Waals surface area contributed by atoms with E-state index in [1.165, 1.54) is 32.5 Å². The SMILES string of the molecule is CC(C)CN1CC2(CC(OCCNC(C)C)C2)C1. The molecule has 0 aromatic carbocycles. The highest BCUT2D eigenvalue weighted by Gasteiger charge is 2.52. The average Bonchev–Trinajstić information content (AvgIpc) is 2.15. The first-order valence-corrected chi connectivity index (χ1v) is 7.56. The molecule has 1 spiro atoms.